The summed E-state index contributed by atoms with van der Waals surface area (Å²) in [5.74, 6) is 0.402. The van der Waals surface area contributed by atoms with Crippen molar-refractivity contribution in [1.82, 2.24) is 9.97 Å². The van der Waals surface area contributed by atoms with Crippen LogP contribution in [-0.2, 0) is 10.0 Å². The van der Waals surface area contributed by atoms with Crippen LogP contribution in [0.1, 0.15) is 56.4 Å². The Kier molecular flexibility index (Phi) is 5.22. The van der Waals surface area contributed by atoms with E-state index in [4.69, 9.17) is 0 Å². The molecule has 0 aliphatic carbocycles. The number of anilines is 1. The van der Waals surface area contributed by atoms with Crippen LogP contribution in [-0.4, -0.2) is 18.4 Å². The van der Waals surface area contributed by atoms with E-state index < -0.39 is 26.2 Å². The first-order valence-corrected chi connectivity index (χ1v) is 9.51. The molecule has 0 bridgehead atoms. The van der Waals surface area contributed by atoms with Gasteiger partial charge in [-0.1, -0.05) is 39.8 Å². The summed E-state index contributed by atoms with van der Waals surface area (Å²) in [4.78, 5) is 27.0. The highest BCUT2D eigenvalue weighted by Crippen LogP contribution is 2.29. The van der Waals surface area contributed by atoms with Crippen molar-refractivity contribution < 1.29 is 8.42 Å². The maximum absolute atomic E-state index is 12.7. The lowest BCUT2D eigenvalue weighted by Crippen LogP contribution is -2.31. The van der Waals surface area contributed by atoms with Crippen molar-refractivity contribution in [3.63, 3.8) is 0 Å². The SMILES string of the molecule is Cc1[nH]c(=O)[nH]c(=O)c1S(=O)(=O)Nc1ccc(C(C)C)cc1C(C)C. The van der Waals surface area contributed by atoms with Crippen LogP contribution in [0.4, 0.5) is 5.69 Å². The third-order valence-corrected chi connectivity index (χ3v) is 5.47. The fourth-order valence-electron chi connectivity index (χ4n) is 2.62. The van der Waals surface area contributed by atoms with Crippen LogP contribution >= 0.6 is 0 Å². The fourth-order valence-corrected chi connectivity index (χ4v) is 3.95. The summed E-state index contributed by atoms with van der Waals surface area (Å²) < 4.78 is 27.9. The van der Waals surface area contributed by atoms with Crippen LogP contribution in [0.3, 0.4) is 0 Å². The van der Waals surface area contributed by atoms with Gasteiger partial charge in [0.05, 0.1) is 5.69 Å². The molecule has 2 rings (SSSR count). The molecule has 0 unspecified atom stereocenters. The Morgan fingerprint density at radius 2 is 1.64 bits per heavy atom. The summed E-state index contributed by atoms with van der Waals surface area (Å²) in [7, 11) is -4.14. The Bertz CT molecular complexity index is 1000. The average Bonchev–Trinajstić information content (AvgIpc) is 2.44. The van der Waals surface area contributed by atoms with Gasteiger partial charge >= 0.3 is 5.69 Å². The minimum Gasteiger partial charge on any atom is -0.310 e. The molecule has 0 saturated carbocycles. The van der Waals surface area contributed by atoms with Gasteiger partial charge in [-0.25, -0.2) is 13.2 Å². The van der Waals surface area contributed by atoms with Gasteiger partial charge in [-0.15, -0.1) is 0 Å². The van der Waals surface area contributed by atoms with Crippen molar-refractivity contribution in [3.8, 4) is 0 Å². The van der Waals surface area contributed by atoms with Gasteiger partial charge in [0, 0.05) is 5.69 Å². The zero-order valence-electron chi connectivity index (χ0n) is 14.9. The molecule has 1 aromatic carbocycles. The number of nitrogens with one attached hydrogen (secondary N) is 3. The summed E-state index contributed by atoms with van der Waals surface area (Å²) in [6.07, 6.45) is 0. The lowest BCUT2D eigenvalue weighted by molar-refractivity contribution is 0.597. The molecule has 25 heavy (non-hydrogen) atoms. The molecule has 136 valence electrons. The second-order valence-corrected chi connectivity index (χ2v) is 8.24. The summed E-state index contributed by atoms with van der Waals surface area (Å²) in [6.45, 7) is 9.43. The quantitative estimate of drug-likeness (QED) is 0.755. The molecule has 0 amide bonds. The summed E-state index contributed by atoms with van der Waals surface area (Å²) in [6, 6.07) is 5.53. The van der Waals surface area contributed by atoms with Crippen LogP contribution in [0.2, 0.25) is 0 Å². The molecule has 0 radical (unpaired) electrons. The second kappa shape index (κ2) is 6.87. The monoisotopic (exact) mass is 365 g/mol. The minimum atomic E-state index is -4.14. The van der Waals surface area contributed by atoms with E-state index in [0.717, 1.165) is 11.1 Å². The molecule has 0 spiro atoms. The molecule has 0 saturated heterocycles. The molecule has 0 fully saturated rings. The largest absolute Gasteiger partial charge is 0.325 e. The standard InChI is InChI=1S/C17H23N3O4S/c1-9(2)12-6-7-14(13(8-12)10(3)4)20-25(23,24)15-11(5)18-17(22)19-16(15)21/h6-10,20H,1-5H3,(H2,18,19,21,22). The number of rotatable bonds is 5. The van der Waals surface area contributed by atoms with Gasteiger partial charge in [0.15, 0.2) is 4.90 Å². The van der Waals surface area contributed by atoms with E-state index in [1.165, 1.54) is 6.92 Å². The predicted octanol–water partition coefficient (Wildman–Crippen LogP) is 2.42. The molecule has 8 heteroatoms. The van der Waals surface area contributed by atoms with E-state index in [2.05, 4.69) is 23.6 Å². The first kappa shape index (κ1) is 19.0. The molecule has 2 aromatic rings. The summed E-state index contributed by atoms with van der Waals surface area (Å²) >= 11 is 0. The van der Waals surface area contributed by atoms with E-state index in [9.17, 15) is 18.0 Å². The summed E-state index contributed by atoms with van der Waals surface area (Å²) in [5.41, 5.74) is 0.665. The third-order valence-electron chi connectivity index (χ3n) is 3.95. The molecule has 0 atom stereocenters. The number of aromatic amines is 2. The third kappa shape index (κ3) is 4.01. The van der Waals surface area contributed by atoms with Gasteiger partial charge < -0.3 is 4.98 Å². The number of aromatic nitrogens is 2. The van der Waals surface area contributed by atoms with E-state index in [1.54, 1.807) is 6.07 Å². The van der Waals surface area contributed by atoms with E-state index in [-0.39, 0.29) is 11.6 Å². The van der Waals surface area contributed by atoms with Crippen molar-refractivity contribution in [1.29, 1.82) is 0 Å². The Hall–Kier alpha value is -2.35. The van der Waals surface area contributed by atoms with Crippen molar-refractivity contribution in [2.45, 2.75) is 51.3 Å². The van der Waals surface area contributed by atoms with Gasteiger partial charge in [-0.2, -0.15) is 0 Å². The second-order valence-electron chi connectivity index (χ2n) is 6.62. The number of benzene rings is 1. The van der Waals surface area contributed by atoms with Crippen LogP contribution in [0.25, 0.3) is 0 Å². The van der Waals surface area contributed by atoms with Gasteiger partial charge in [-0.05, 0) is 36.0 Å². The first-order valence-electron chi connectivity index (χ1n) is 8.02. The Labute approximate surface area is 146 Å². The molecular formula is C17H23N3O4S. The first-order chi connectivity index (χ1) is 11.5. The number of H-pyrrole nitrogens is 2. The topological polar surface area (TPSA) is 112 Å². The highest BCUT2D eigenvalue weighted by atomic mass is 32.2. The van der Waals surface area contributed by atoms with E-state index in [0.29, 0.717) is 11.6 Å². The molecule has 0 aliphatic rings. The van der Waals surface area contributed by atoms with E-state index in [1.807, 2.05) is 31.0 Å². The molecule has 7 nitrogen and oxygen atoms in total. The zero-order valence-corrected chi connectivity index (χ0v) is 15.7. The normalized spacial score (nSPS) is 12.0. The zero-order chi connectivity index (χ0) is 18.9. The highest BCUT2D eigenvalue weighted by Gasteiger charge is 2.24. The number of aryl methyl sites for hydroxylation is 1. The lowest BCUT2D eigenvalue weighted by atomic mass is 9.94. The smallest absolute Gasteiger partial charge is 0.310 e. The van der Waals surface area contributed by atoms with Crippen LogP contribution in [0, 0.1) is 6.92 Å². The van der Waals surface area contributed by atoms with Gasteiger partial charge in [0.25, 0.3) is 15.6 Å². The van der Waals surface area contributed by atoms with Gasteiger partial charge in [-0.3, -0.25) is 14.5 Å². The van der Waals surface area contributed by atoms with Gasteiger partial charge in [0.1, 0.15) is 0 Å². The molecule has 0 aliphatic heterocycles. The molecule has 1 heterocycles. The van der Waals surface area contributed by atoms with Crippen molar-refractivity contribution >= 4 is 15.7 Å². The van der Waals surface area contributed by atoms with Crippen LogP contribution in [0.5, 0.6) is 0 Å². The predicted molar refractivity (Wildman–Crippen MR) is 97.8 cm³/mol. The van der Waals surface area contributed by atoms with Crippen LogP contribution in [0.15, 0.2) is 32.7 Å². The average molecular weight is 365 g/mol. The van der Waals surface area contributed by atoms with Gasteiger partial charge in [0.2, 0.25) is 0 Å². The molecule has 1 aromatic heterocycles. The maximum atomic E-state index is 12.7. The van der Waals surface area contributed by atoms with Crippen molar-refractivity contribution in [3.05, 3.63) is 55.9 Å². The van der Waals surface area contributed by atoms with Crippen molar-refractivity contribution in [2.24, 2.45) is 0 Å². The molecular weight excluding hydrogens is 342 g/mol. The Balaban J connectivity index is 2.56. The Morgan fingerprint density at radius 3 is 2.16 bits per heavy atom. The Morgan fingerprint density at radius 1 is 1.00 bits per heavy atom. The molecule has 3 N–H and O–H groups in total. The summed E-state index contributed by atoms with van der Waals surface area (Å²) in [5, 5.41) is 0. The lowest BCUT2D eigenvalue weighted by Gasteiger charge is -2.18. The fraction of sp³-hybridized carbons (Fsp3) is 0.412. The number of hydrogen-bond acceptors (Lipinski definition) is 4. The number of hydrogen-bond donors (Lipinski definition) is 3. The van der Waals surface area contributed by atoms with Crippen molar-refractivity contribution in [2.75, 3.05) is 4.72 Å². The minimum absolute atomic E-state index is 0.00820. The van der Waals surface area contributed by atoms with Crippen LogP contribution < -0.4 is 16.0 Å². The van der Waals surface area contributed by atoms with E-state index >= 15 is 0 Å². The highest BCUT2D eigenvalue weighted by molar-refractivity contribution is 7.92. The number of sulfonamides is 1. The maximum Gasteiger partial charge on any atom is 0.325 e.